The summed E-state index contributed by atoms with van der Waals surface area (Å²) in [7, 11) is 0. The molecule has 0 bridgehead atoms. The lowest BCUT2D eigenvalue weighted by atomic mass is 9.87. The molecule has 0 aromatic carbocycles. The van der Waals surface area contributed by atoms with Crippen LogP contribution in [0.4, 0.5) is 4.79 Å². The van der Waals surface area contributed by atoms with Crippen molar-refractivity contribution in [2.45, 2.75) is 77.1 Å². The summed E-state index contributed by atoms with van der Waals surface area (Å²) in [5.41, 5.74) is -0.419. The molecule has 5 heteroatoms. The molecule has 0 atom stereocenters. The van der Waals surface area contributed by atoms with Gasteiger partial charge in [0.2, 0.25) is 0 Å². The molecule has 122 valence electrons. The van der Waals surface area contributed by atoms with Crippen molar-refractivity contribution in [3.8, 4) is 0 Å². The molecular weight excluding hydrogens is 266 g/mol. The van der Waals surface area contributed by atoms with Gasteiger partial charge in [-0.2, -0.15) is 0 Å². The van der Waals surface area contributed by atoms with Gasteiger partial charge in [0.15, 0.2) is 0 Å². The average molecular weight is 297 g/mol. The Kier molecular flexibility index (Phi) is 5.49. The fourth-order valence-corrected chi connectivity index (χ4v) is 2.83. The van der Waals surface area contributed by atoms with Crippen LogP contribution in [0.25, 0.3) is 0 Å². The van der Waals surface area contributed by atoms with Gasteiger partial charge in [0.25, 0.3) is 0 Å². The molecule has 0 aromatic heterocycles. The molecule has 21 heavy (non-hydrogen) atoms. The van der Waals surface area contributed by atoms with Crippen LogP contribution in [0.1, 0.15) is 53.4 Å². The highest BCUT2D eigenvalue weighted by Crippen LogP contribution is 2.26. The molecule has 2 rings (SSSR count). The monoisotopic (exact) mass is 297 g/mol. The molecule has 0 aliphatic heterocycles. The third-order valence-corrected chi connectivity index (χ3v) is 4.16. The van der Waals surface area contributed by atoms with Crippen LogP contribution in [0.15, 0.2) is 0 Å². The first kappa shape index (κ1) is 16.6. The first-order chi connectivity index (χ1) is 9.87. The van der Waals surface area contributed by atoms with Crippen molar-refractivity contribution in [2.24, 2.45) is 0 Å². The van der Waals surface area contributed by atoms with E-state index in [1.165, 1.54) is 12.8 Å². The number of rotatable bonds is 7. The predicted molar refractivity (Wildman–Crippen MR) is 84.5 cm³/mol. The van der Waals surface area contributed by atoms with E-state index >= 15 is 0 Å². The fourth-order valence-electron chi connectivity index (χ4n) is 2.83. The molecule has 0 radical (unpaired) electrons. The Morgan fingerprint density at radius 3 is 2.43 bits per heavy atom. The van der Waals surface area contributed by atoms with Crippen molar-refractivity contribution < 1.29 is 9.53 Å². The van der Waals surface area contributed by atoms with Crippen molar-refractivity contribution in [3.63, 3.8) is 0 Å². The summed E-state index contributed by atoms with van der Waals surface area (Å²) in [6, 6.07) is 1.66. The van der Waals surface area contributed by atoms with E-state index in [-0.39, 0.29) is 12.1 Å². The van der Waals surface area contributed by atoms with Gasteiger partial charge >= 0.3 is 6.09 Å². The second-order valence-electron chi connectivity index (χ2n) is 7.33. The van der Waals surface area contributed by atoms with Crippen molar-refractivity contribution in [2.75, 3.05) is 19.6 Å². The molecule has 2 aliphatic carbocycles. The van der Waals surface area contributed by atoms with E-state index in [1.807, 2.05) is 20.8 Å². The van der Waals surface area contributed by atoms with Crippen LogP contribution in [0, 0.1) is 0 Å². The SMILES string of the molecule is CCN(CCNC1CC(NC(=O)OC(C)(C)C)C1)C1CC1. The lowest BCUT2D eigenvalue weighted by Crippen LogP contribution is -2.54. The van der Waals surface area contributed by atoms with Gasteiger partial charge < -0.3 is 15.4 Å². The molecule has 2 aliphatic rings. The minimum Gasteiger partial charge on any atom is -0.444 e. The maximum absolute atomic E-state index is 11.6. The van der Waals surface area contributed by atoms with Gasteiger partial charge in [-0.25, -0.2) is 4.79 Å². The summed E-state index contributed by atoms with van der Waals surface area (Å²) >= 11 is 0. The highest BCUT2D eigenvalue weighted by atomic mass is 16.6. The van der Waals surface area contributed by atoms with Crippen LogP contribution in [0.5, 0.6) is 0 Å². The molecule has 5 nitrogen and oxygen atoms in total. The van der Waals surface area contributed by atoms with Crippen molar-refractivity contribution in [1.82, 2.24) is 15.5 Å². The van der Waals surface area contributed by atoms with Gasteiger partial charge in [0.05, 0.1) is 0 Å². The number of nitrogens with zero attached hydrogens (tertiary/aromatic N) is 1. The van der Waals surface area contributed by atoms with E-state index in [4.69, 9.17) is 4.74 Å². The van der Waals surface area contributed by atoms with E-state index in [1.54, 1.807) is 0 Å². The standard InChI is InChI=1S/C16H31N3O2/c1-5-19(14-6-7-14)9-8-17-12-10-13(11-12)18-15(20)21-16(2,3)4/h12-14,17H,5-11H2,1-4H3,(H,18,20). The number of likely N-dealkylation sites (N-methyl/N-ethyl adjacent to an activating group) is 1. The molecule has 0 aromatic rings. The van der Waals surface area contributed by atoms with E-state index in [9.17, 15) is 4.79 Å². The molecule has 0 unspecified atom stereocenters. The average Bonchev–Trinajstić information content (AvgIpc) is 3.12. The third kappa shape index (κ3) is 5.83. The molecule has 0 saturated heterocycles. The normalized spacial score (nSPS) is 25.6. The number of amides is 1. The van der Waals surface area contributed by atoms with E-state index in [0.717, 1.165) is 38.5 Å². The Morgan fingerprint density at radius 2 is 1.90 bits per heavy atom. The highest BCUT2D eigenvalue weighted by Gasteiger charge is 2.32. The lowest BCUT2D eigenvalue weighted by molar-refractivity contribution is 0.0465. The topological polar surface area (TPSA) is 53.6 Å². The summed E-state index contributed by atoms with van der Waals surface area (Å²) in [6.07, 6.45) is 4.47. The summed E-state index contributed by atoms with van der Waals surface area (Å²) in [6.45, 7) is 11.2. The molecule has 0 heterocycles. The van der Waals surface area contributed by atoms with Crippen LogP contribution in [0.2, 0.25) is 0 Å². The largest absolute Gasteiger partial charge is 0.444 e. The summed E-state index contributed by atoms with van der Waals surface area (Å²) in [4.78, 5) is 14.2. The van der Waals surface area contributed by atoms with Crippen LogP contribution in [-0.2, 0) is 4.74 Å². The maximum atomic E-state index is 11.6. The Balaban J connectivity index is 1.52. The van der Waals surface area contributed by atoms with Crippen molar-refractivity contribution in [1.29, 1.82) is 0 Å². The number of ether oxygens (including phenoxy) is 1. The molecule has 0 spiro atoms. The molecule has 2 saturated carbocycles. The lowest BCUT2D eigenvalue weighted by Gasteiger charge is -2.37. The van der Waals surface area contributed by atoms with Gasteiger partial charge in [-0.3, -0.25) is 4.90 Å². The van der Waals surface area contributed by atoms with Gasteiger partial charge in [0.1, 0.15) is 5.60 Å². The number of carbonyl (C=O) groups excluding carboxylic acids is 1. The van der Waals surface area contributed by atoms with Crippen LogP contribution in [0.3, 0.4) is 0 Å². The van der Waals surface area contributed by atoms with Crippen LogP contribution >= 0.6 is 0 Å². The minimum atomic E-state index is -0.419. The Morgan fingerprint density at radius 1 is 1.24 bits per heavy atom. The molecule has 2 N–H and O–H groups in total. The predicted octanol–water partition coefficient (Wildman–Crippen LogP) is 2.12. The number of nitrogens with one attached hydrogen (secondary N) is 2. The quantitative estimate of drug-likeness (QED) is 0.756. The zero-order valence-electron chi connectivity index (χ0n) is 13.9. The molecule has 1 amide bonds. The number of hydrogen-bond acceptors (Lipinski definition) is 4. The number of carbonyl (C=O) groups is 1. The maximum Gasteiger partial charge on any atom is 0.407 e. The van der Waals surface area contributed by atoms with Crippen LogP contribution in [-0.4, -0.2) is 54.4 Å². The van der Waals surface area contributed by atoms with Gasteiger partial charge in [-0.15, -0.1) is 0 Å². The summed E-state index contributed by atoms with van der Waals surface area (Å²) in [5.74, 6) is 0. The first-order valence-electron chi connectivity index (χ1n) is 8.34. The van der Waals surface area contributed by atoms with Crippen LogP contribution < -0.4 is 10.6 Å². The highest BCUT2D eigenvalue weighted by molar-refractivity contribution is 5.68. The van der Waals surface area contributed by atoms with Crippen molar-refractivity contribution >= 4 is 6.09 Å². The smallest absolute Gasteiger partial charge is 0.407 e. The Labute approximate surface area is 128 Å². The number of hydrogen-bond donors (Lipinski definition) is 2. The molecular formula is C16H31N3O2. The first-order valence-corrected chi connectivity index (χ1v) is 8.34. The third-order valence-electron chi connectivity index (χ3n) is 4.16. The van der Waals surface area contributed by atoms with Gasteiger partial charge in [-0.05, 0) is 53.0 Å². The molecule has 2 fully saturated rings. The van der Waals surface area contributed by atoms with Crippen molar-refractivity contribution in [3.05, 3.63) is 0 Å². The minimum absolute atomic E-state index is 0.267. The summed E-state index contributed by atoms with van der Waals surface area (Å²) in [5, 5.41) is 6.51. The fraction of sp³-hybridized carbons (Fsp3) is 0.938. The second kappa shape index (κ2) is 6.97. The van der Waals surface area contributed by atoms with E-state index in [2.05, 4.69) is 22.5 Å². The number of alkyl carbamates (subject to hydrolysis) is 1. The zero-order chi connectivity index (χ0) is 15.5. The van der Waals surface area contributed by atoms with Gasteiger partial charge in [-0.1, -0.05) is 6.92 Å². The van der Waals surface area contributed by atoms with E-state index < -0.39 is 5.60 Å². The second-order valence-corrected chi connectivity index (χ2v) is 7.33. The Hall–Kier alpha value is -0.810. The van der Waals surface area contributed by atoms with Gasteiger partial charge in [0, 0.05) is 31.2 Å². The Bertz CT molecular complexity index is 344. The van der Waals surface area contributed by atoms with E-state index in [0.29, 0.717) is 6.04 Å². The zero-order valence-corrected chi connectivity index (χ0v) is 13.9. The summed E-state index contributed by atoms with van der Waals surface area (Å²) < 4.78 is 5.26.